The third kappa shape index (κ3) is 4.50. The lowest BCUT2D eigenvalue weighted by atomic mass is 10.3. The molecule has 1 heterocycles. The minimum absolute atomic E-state index is 0.0946. The first kappa shape index (κ1) is 20.6. The van der Waals surface area contributed by atoms with E-state index in [0.29, 0.717) is 34.0 Å². The standard InChI is InChI=1S/C14H19N5O4S3/c1-4-15-13-16-17-14(25-13)24-12-8-7-10(9-11(12)19(20)21)26(22,23)18(5-2)6-3/h7-9H,4-6H2,1-3H3,(H,15,16). The molecule has 0 unspecified atom stereocenters. The number of nitrogens with zero attached hydrogens (tertiary/aromatic N) is 4. The summed E-state index contributed by atoms with van der Waals surface area (Å²) >= 11 is 2.36. The number of nitro groups is 1. The van der Waals surface area contributed by atoms with Crippen molar-refractivity contribution in [2.75, 3.05) is 25.0 Å². The zero-order chi connectivity index (χ0) is 19.3. The Morgan fingerprint density at radius 2 is 1.96 bits per heavy atom. The van der Waals surface area contributed by atoms with Crippen LogP contribution >= 0.6 is 23.1 Å². The topological polar surface area (TPSA) is 118 Å². The van der Waals surface area contributed by atoms with Gasteiger partial charge in [-0.1, -0.05) is 25.2 Å². The highest BCUT2D eigenvalue weighted by Gasteiger charge is 2.26. The lowest BCUT2D eigenvalue weighted by Crippen LogP contribution is -2.30. The van der Waals surface area contributed by atoms with Crippen molar-refractivity contribution >= 4 is 43.9 Å². The number of rotatable bonds is 9. The fourth-order valence-corrected chi connectivity index (χ4v) is 5.51. The minimum Gasteiger partial charge on any atom is -0.360 e. The fourth-order valence-electron chi connectivity index (χ4n) is 2.17. The molecule has 26 heavy (non-hydrogen) atoms. The second-order valence-corrected chi connectivity index (χ2v) is 9.19. The van der Waals surface area contributed by atoms with Gasteiger partial charge in [-0.15, -0.1) is 10.2 Å². The van der Waals surface area contributed by atoms with E-state index in [9.17, 15) is 18.5 Å². The highest BCUT2D eigenvalue weighted by Crippen LogP contribution is 2.38. The summed E-state index contributed by atoms with van der Waals surface area (Å²) in [4.78, 5) is 11.1. The molecule has 0 atom stereocenters. The second kappa shape index (κ2) is 8.75. The summed E-state index contributed by atoms with van der Waals surface area (Å²) in [5, 5.41) is 23.0. The summed E-state index contributed by atoms with van der Waals surface area (Å²) in [6.07, 6.45) is 0. The van der Waals surface area contributed by atoms with Crippen LogP contribution in [0.2, 0.25) is 0 Å². The summed E-state index contributed by atoms with van der Waals surface area (Å²) in [7, 11) is -3.77. The van der Waals surface area contributed by atoms with Gasteiger partial charge in [-0.3, -0.25) is 10.1 Å². The normalized spacial score (nSPS) is 11.7. The average Bonchev–Trinajstić information content (AvgIpc) is 3.03. The van der Waals surface area contributed by atoms with E-state index in [1.807, 2.05) is 6.92 Å². The largest absolute Gasteiger partial charge is 0.360 e. The van der Waals surface area contributed by atoms with Crippen molar-refractivity contribution in [3.8, 4) is 0 Å². The molecule has 0 aliphatic rings. The zero-order valence-corrected chi connectivity index (χ0v) is 16.9. The number of hydrogen-bond acceptors (Lipinski definition) is 9. The van der Waals surface area contributed by atoms with Crippen molar-refractivity contribution < 1.29 is 13.3 Å². The summed E-state index contributed by atoms with van der Waals surface area (Å²) in [6.45, 7) is 6.64. The lowest BCUT2D eigenvalue weighted by Gasteiger charge is -2.18. The molecular formula is C14H19N5O4S3. The first-order valence-corrected chi connectivity index (χ1v) is 10.9. The first-order valence-electron chi connectivity index (χ1n) is 7.87. The summed E-state index contributed by atoms with van der Waals surface area (Å²) in [6, 6.07) is 3.92. The van der Waals surface area contributed by atoms with Gasteiger partial charge in [0.25, 0.3) is 5.69 Å². The number of aromatic nitrogens is 2. The van der Waals surface area contributed by atoms with Gasteiger partial charge in [0, 0.05) is 25.7 Å². The zero-order valence-electron chi connectivity index (χ0n) is 14.5. The first-order chi connectivity index (χ1) is 12.3. The molecule has 0 amide bonds. The smallest absolute Gasteiger partial charge is 0.284 e. The molecule has 2 aromatic rings. The fraction of sp³-hybridized carbons (Fsp3) is 0.429. The Morgan fingerprint density at radius 3 is 2.54 bits per heavy atom. The second-order valence-electron chi connectivity index (χ2n) is 4.98. The van der Waals surface area contributed by atoms with E-state index in [1.165, 1.54) is 27.8 Å². The van der Waals surface area contributed by atoms with Crippen LogP contribution in [0.3, 0.4) is 0 Å². The lowest BCUT2D eigenvalue weighted by molar-refractivity contribution is -0.388. The predicted molar refractivity (Wildman–Crippen MR) is 101 cm³/mol. The number of anilines is 1. The Morgan fingerprint density at radius 1 is 1.27 bits per heavy atom. The van der Waals surface area contributed by atoms with Crippen molar-refractivity contribution in [1.82, 2.24) is 14.5 Å². The third-order valence-corrected chi connectivity index (χ3v) is 7.44. The van der Waals surface area contributed by atoms with E-state index in [-0.39, 0.29) is 10.6 Å². The van der Waals surface area contributed by atoms with Crippen molar-refractivity contribution in [3.05, 3.63) is 28.3 Å². The van der Waals surface area contributed by atoms with Gasteiger partial charge in [-0.25, -0.2) is 8.42 Å². The maximum absolute atomic E-state index is 12.6. The molecule has 142 valence electrons. The Balaban J connectivity index is 2.38. The van der Waals surface area contributed by atoms with E-state index < -0.39 is 14.9 Å². The molecule has 1 aromatic carbocycles. The Hall–Kier alpha value is -1.76. The van der Waals surface area contributed by atoms with Gasteiger partial charge < -0.3 is 5.32 Å². The summed E-state index contributed by atoms with van der Waals surface area (Å²) in [5.41, 5.74) is -0.275. The van der Waals surface area contributed by atoms with Crippen LogP contribution in [-0.4, -0.2) is 47.5 Å². The number of hydrogen-bond donors (Lipinski definition) is 1. The molecule has 1 aromatic heterocycles. The molecule has 0 radical (unpaired) electrons. The van der Waals surface area contributed by atoms with Gasteiger partial charge >= 0.3 is 0 Å². The Bertz CT molecular complexity index is 880. The van der Waals surface area contributed by atoms with E-state index in [4.69, 9.17) is 0 Å². The molecule has 1 N–H and O–H groups in total. The average molecular weight is 418 g/mol. The van der Waals surface area contributed by atoms with Crippen molar-refractivity contribution in [1.29, 1.82) is 0 Å². The molecule has 0 bridgehead atoms. The van der Waals surface area contributed by atoms with Gasteiger partial charge in [0.1, 0.15) is 0 Å². The maximum atomic E-state index is 12.6. The number of benzene rings is 1. The van der Waals surface area contributed by atoms with Gasteiger partial charge in [0.2, 0.25) is 15.2 Å². The van der Waals surface area contributed by atoms with Crippen LogP contribution in [0, 0.1) is 10.1 Å². The third-order valence-electron chi connectivity index (χ3n) is 3.40. The van der Waals surface area contributed by atoms with E-state index in [2.05, 4.69) is 15.5 Å². The highest BCUT2D eigenvalue weighted by atomic mass is 32.2. The Labute approximate surface area is 160 Å². The number of sulfonamides is 1. The molecule has 0 saturated heterocycles. The number of nitrogens with one attached hydrogen (secondary N) is 1. The van der Waals surface area contributed by atoms with Crippen LogP contribution in [0.4, 0.5) is 10.8 Å². The molecule has 2 rings (SSSR count). The van der Waals surface area contributed by atoms with Gasteiger partial charge in [0.05, 0.1) is 14.7 Å². The molecule has 0 aliphatic carbocycles. The van der Waals surface area contributed by atoms with E-state index >= 15 is 0 Å². The van der Waals surface area contributed by atoms with Crippen LogP contribution in [0.15, 0.2) is 32.3 Å². The number of nitro benzene ring substituents is 1. The van der Waals surface area contributed by atoms with Crippen LogP contribution in [0.5, 0.6) is 0 Å². The molecule has 0 spiro atoms. The molecule has 0 fully saturated rings. The SMILES string of the molecule is CCNc1nnc(Sc2ccc(S(=O)(=O)N(CC)CC)cc2[N+](=O)[O-])s1. The van der Waals surface area contributed by atoms with E-state index in [0.717, 1.165) is 17.8 Å². The van der Waals surface area contributed by atoms with Gasteiger partial charge in [0.15, 0.2) is 4.34 Å². The minimum atomic E-state index is -3.77. The van der Waals surface area contributed by atoms with Gasteiger partial charge in [-0.2, -0.15) is 4.31 Å². The van der Waals surface area contributed by atoms with Crippen molar-refractivity contribution in [3.63, 3.8) is 0 Å². The molecule has 0 aliphatic heterocycles. The van der Waals surface area contributed by atoms with Gasteiger partial charge in [-0.05, 0) is 30.8 Å². The van der Waals surface area contributed by atoms with Crippen molar-refractivity contribution in [2.24, 2.45) is 0 Å². The summed E-state index contributed by atoms with van der Waals surface area (Å²) in [5.74, 6) is 0. The maximum Gasteiger partial charge on any atom is 0.284 e. The molecular weight excluding hydrogens is 398 g/mol. The van der Waals surface area contributed by atoms with Crippen LogP contribution in [0.1, 0.15) is 20.8 Å². The summed E-state index contributed by atoms with van der Waals surface area (Å²) < 4.78 is 27.0. The van der Waals surface area contributed by atoms with Crippen LogP contribution in [-0.2, 0) is 10.0 Å². The predicted octanol–water partition coefficient (Wildman–Crippen LogP) is 3.06. The molecule has 12 heteroatoms. The quantitative estimate of drug-likeness (QED) is 0.488. The van der Waals surface area contributed by atoms with Crippen LogP contribution in [0.25, 0.3) is 0 Å². The monoisotopic (exact) mass is 417 g/mol. The molecule has 0 saturated carbocycles. The highest BCUT2D eigenvalue weighted by molar-refractivity contribution is 8.01. The van der Waals surface area contributed by atoms with Crippen LogP contribution < -0.4 is 5.32 Å². The molecule has 9 nitrogen and oxygen atoms in total. The van der Waals surface area contributed by atoms with Crippen molar-refractivity contribution in [2.45, 2.75) is 34.9 Å². The van der Waals surface area contributed by atoms with E-state index in [1.54, 1.807) is 13.8 Å². The Kier molecular flexibility index (Phi) is 6.92.